The Morgan fingerprint density at radius 2 is 2.20 bits per heavy atom. The summed E-state index contributed by atoms with van der Waals surface area (Å²) in [4.78, 5) is 10.0. The van der Waals surface area contributed by atoms with E-state index in [4.69, 9.17) is 5.11 Å². The van der Waals surface area contributed by atoms with Gasteiger partial charge in [-0.25, -0.2) is 8.78 Å². The van der Waals surface area contributed by atoms with Crippen LogP contribution in [0.1, 0.15) is 0 Å². The van der Waals surface area contributed by atoms with Gasteiger partial charge in [0.05, 0.1) is 0 Å². The van der Waals surface area contributed by atoms with Crippen LogP contribution in [0.15, 0.2) is 0 Å². The second-order valence-corrected chi connectivity index (χ2v) is 1.69. The van der Waals surface area contributed by atoms with E-state index in [-0.39, 0.29) is 6.54 Å². The molecule has 0 amide bonds. The Hall–Kier alpha value is -0.710. The van der Waals surface area contributed by atoms with Crippen molar-refractivity contribution in [2.45, 2.75) is 6.04 Å². The fourth-order valence-corrected chi connectivity index (χ4v) is 0.437. The van der Waals surface area contributed by atoms with Gasteiger partial charge in [-0.15, -0.1) is 0 Å². The van der Waals surface area contributed by atoms with Crippen LogP contribution in [0.2, 0.25) is 0 Å². The van der Waals surface area contributed by atoms with Crippen LogP contribution < -0.4 is 5.32 Å². The van der Waals surface area contributed by atoms with Crippen molar-refractivity contribution in [1.82, 2.24) is 5.32 Å². The molecular formula is C5H9F2NO2. The van der Waals surface area contributed by atoms with Crippen molar-refractivity contribution in [2.75, 3.05) is 19.9 Å². The van der Waals surface area contributed by atoms with Gasteiger partial charge in [0.1, 0.15) is 19.4 Å². The van der Waals surface area contributed by atoms with Crippen LogP contribution in [-0.4, -0.2) is 37.0 Å². The second kappa shape index (κ2) is 5.10. The molecule has 0 aromatic heterocycles. The lowest BCUT2D eigenvalue weighted by molar-refractivity contribution is -0.139. The minimum absolute atomic E-state index is 0.124. The summed E-state index contributed by atoms with van der Waals surface area (Å²) in [5.74, 6) is -1.30. The van der Waals surface area contributed by atoms with Gasteiger partial charge in [0.2, 0.25) is 0 Å². The summed E-state index contributed by atoms with van der Waals surface area (Å²) in [6.45, 7) is -1.83. The van der Waals surface area contributed by atoms with Crippen molar-refractivity contribution in [3.8, 4) is 0 Å². The standard InChI is InChI=1S/C5H9F2NO2/c6-1-2-8-4(3-7)5(9)10/h4,8H,1-3H2,(H,9,10). The van der Waals surface area contributed by atoms with Gasteiger partial charge in [0.25, 0.3) is 0 Å². The molecular weight excluding hydrogens is 144 g/mol. The highest BCUT2D eigenvalue weighted by Crippen LogP contribution is 1.84. The molecule has 0 fully saturated rings. The number of carboxylic acid groups (broad SMARTS) is 1. The van der Waals surface area contributed by atoms with Crippen molar-refractivity contribution in [3.05, 3.63) is 0 Å². The minimum Gasteiger partial charge on any atom is -0.480 e. The number of carbonyl (C=O) groups is 1. The summed E-state index contributed by atoms with van der Waals surface area (Å²) in [5, 5.41) is 10.3. The molecule has 0 bridgehead atoms. The molecule has 0 spiro atoms. The summed E-state index contributed by atoms with van der Waals surface area (Å²) < 4.78 is 23.0. The number of carboxylic acids is 1. The molecule has 0 heterocycles. The van der Waals surface area contributed by atoms with Gasteiger partial charge in [-0.05, 0) is 0 Å². The number of aliphatic carboxylic acids is 1. The summed E-state index contributed by atoms with van der Waals surface area (Å²) in [7, 11) is 0. The Bertz CT molecular complexity index is 110. The average Bonchev–Trinajstić information content (AvgIpc) is 1.89. The maximum absolute atomic E-state index is 11.7. The van der Waals surface area contributed by atoms with E-state index in [0.29, 0.717) is 0 Å². The van der Waals surface area contributed by atoms with E-state index in [0.717, 1.165) is 0 Å². The molecule has 3 nitrogen and oxygen atoms in total. The van der Waals surface area contributed by atoms with Crippen molar-refractivity contribution in [3.63, 3.8) is 0 Å². The van der Waals surface area contributed by atoms with E-state index in [1.807, 2.05) is 0 Å². The highest BCUT2D eigenvalue weighted by atomic mass is 19.1. The Morgan fingerprint density at radius 1 is 1.60 bits per heavy atom. The van der Waals surface area contributed by atoms with Gasteiger partial charge >= 0.3 is 5.97 Å². The Labute approximate surface area is 57.0 Å². The molecule has 0 aliphatic heterocycles. The van der Waals surface area contributed by atoms with Crippen LogP contribution in [0.4, 0.5) is 8.78 Å². The molecule has 0 aliphatic carbocycles. The number of hydrogen-bond donors (Lipinski definition) is 2. The van der Waals surface area contributed by atoms with Crippen LogP contribution in [-0.2, 0) is 4.79 Å². The Kier molecular flexibility index (Phi) is 4.74. The third-order valence-electron chi connectivity index (χ3n) is 0.938. The van der Waals surface area contributed by atoms with Crippen molar-refractivity contribution < 1.29 is 18.7 Å². The van der Waals surface area contributed by atoms with Crippen LogP contribution in [0, 0.1) is 0 Å². The average molecular weight is 153 g/mol. The fraction of sp³-hybridized carbons (Fsp3) is 0.800. The largest absolute Gasteiger partial charge is 0.480 e. The molecule has 1 unspecified atom stereocenters. The number of nitrogens with one attached hydrogen (secondary N) is 1. The molecule has 0 aliphatic rings. The lowest BCUT2D eigenvalue weighted by Crippen LogP contribution is -2.39. The number of hydrogen-bond acceptors (Lipinski definition) is 2. The van der Waals surface area contributed by atoms with Crippen molar-refractivity contribution in [1.29, 1.82) is 0 Å². The molecule has 0 rings (SSSR count). The van der Waals surface area contributed by atoms with E-state index in [1.54, 1.807) is 0 Å². The molecule has 2 N–H and O–H groups in total. The van der Waals surface area contributed by atoms with E-state index in [2.05, 4.69) is 5.32 Å². The number of rotatable bonds is 5. The number of halogens is 2. The van der Waals surface area contributed by atoms with E-state index < -0.39 is 25.4 Å². The first-order valence-corrected chi connectivity index (χ1v) is 2.80. The number of alkyl halides is 2. The molecule has 0 aromatic rings. The zero-order valence-corrected chi connectivity index (χ0v) is 5.31. The van der Waals surface area contributed by atoms with E-state index in [1.165, 1.54) is 0 Å². The molecule has 0 saturated carbocycles. The van der Waals surface area contributed by atoms with E-state index in [9.17, 15) is 13.6 Å². The summed E-state index contributed by atoms with van der Waals surface area (Å²) in [6.07, 6.45) is 0. The quantitative estimate of drug-likeness (QED) is 0.583. The van der Waals surface area contributed by atoms with Crippen LogP contribution >= 0.6 is 0 Å². The zero-order chi connectivity index (χ0) is 7.98. The molecule has 1 atom stereocenters. The molecule has 10 heavy (non-hydrogen) atoms. The Morgan fingerprint density at radius 3 is 2.50 bits per heavy atom. The lowest BCUT2D eigenvalue weighted by atomic mass is 10.3. The van der Waals surface area contributed by atoms with Gasteiger partial charge in [-0.1, -0.05) is 0 Å². The van der Waals surface area contributed by atoms with Crippen LogP contribution in [0.25, 0.3) is 0 Å². The third-order valence-corrected chi connectivity index (χ3v) is 0.938. The minimum atomic E-state index is -1.30. The smallest absolute Gasteiger partial charge is 0.323 e. The third kappa shape index (κ3) is 3.34. The van der Waals surface area contributed by atoms with Gasteiger partial charge < -0.3 is 5.11 Å². The molecule has 60 valence electrons. The van der Waals surface area contributed by atoms with Crippen LogP contribution in [0.5, 0.6) is 0 Å². The van der Waals surface area contributed by atoms with Gasteiger partial charge in [0.15, 0.2) is 0 Å². The topological polar surface area (TPSA) is 49.3 Å². The van der Waals surface area contributed by atoms with Gasteiger partial charge in [0, 0.05) is 6.54 Å². The van der Waals surface area contributed by atoms with Gasteiger partial charge in [-0.3, -0.25) is 10.1 Å². The summed E-state index contributed by atoms with van der Waals surface area (Å²) in [6, 6.07) is -1.27. The Balaban J connectivity index is 3.50. The maximum atomic E-state index is 11.7. The highest BCUT2D eigenvalue weighted by molar-refractivity contribution is 5.73. The van der Waals surface area contributed by atoms with Crippen LogP contribution in [0.3, 0.4) is 0 Å². The summed E-state index contributed by atoms with van der Waals surface area (Å²) in [5.41, 5.74) is 0. The second-order valence-electron chi connectivity index (χ2n) is 1.69. The molecule has 0 saturated heterocycles. The predicted molar refractivity (Wildman–Crippen MR) is 31.4 cm³/mol. The molecule has 0 aromatic carbocycles. The predicted octanol–water partition coefficient (Wildman–Crippen LogP) is -0.0318. The monoisotopic (exact) mass is 153 g/mol. The first kappa shape index (κ1) is 9.29. The first-order chi connectivity index (χ1) is 4.72. The fourth-order valence-electron chi connectivity index (χ4n) is 0.437. The highest BCUT2D eigenvalue weighted by Gasteiger charge is 2.14. The van der Waals surface area contributed by atoms with E-state index >= 15 is 0 Å². The maximum Gasteiger partial charge on any atom is 0.323 e. The lowest BCUT2D eigenvalue weighted by Gasteiger charge is -2.07. The zero-order valence-electron chi connectivity index (χ0n) is 5.31. The van der Waals surface area contributed by atoms with Gasteiger partial charge in [-0.2, -0.15) is 0 Å². The summed E-state index contributed by atoms with van der Waals surface area (Å²) >= 11 is 0. The molecule has 5 heteroatoms. The van der Waals surface area contributed by atoms with Crippen molar-refractivity contribution in [2.24, 2.45) is 0 Å². The first-order valence-electron chi connectivity index (χ1n) is 2.80. The normalized spacial score (nSPS) is 13.0. The molecule has 0 radical (unpaired) electrons. The van der Waals surface area contributed by atoms with Crippen molar-refractivity contribution >= 4 is 5.97 Å². The SMILES string of the molecule is O=C(O)C(CF)NCCF.